The maximum Gasteiger partial charge on any atom is 0.240 e. The van der Waals surface area contributed by atoms with Gasteiger partial charge in [-0.05, 0) is 30.4 Å². The number of nitrogens with one attached hydrogen (secondary N) is 1. The lowest BCUT2D eigenvalue weighted by Crippen LogP contribution is -2.44. The van der Waals surface area contributed by atoms with Gasteiger partial charge in [-0.1, -0.05) is 79.9 Å². The van der Waals surface area contributed by atoms with Crippen molar-refractivity contribution in [1.29, 1.82) is 0 Å². The molecule has 2 aromatic carbocycles. The molecule has 1 atom stereocenters. The summed E-state index contributed by atoms with van der Waals surface area (Å²) >= 11 is 0. The fourth-order valence-corrected chi connectivity index (χ4v) is 4.81. The van der Waals surface area contributed by atoms with Crippen molar-refractivity contribution in [1.82, 2.24) is 10.2 Å². The van der Waals surface area contributed by atoms with E-state index in [-0.39, 0.29) is 36.7 Å². The molecule has 0 aromatic heterocycles. The summed E-state index contributed by atoms with van der Waals surface area (Å²) in [6, 6.07) is 19.5. The van der Waals surface area contributed by atoms with Crippen molar-refractivity contribution >= 4 is 17.7 Å². The molecule has 1 unspecified atom stereocenters. The van der Waals surface area contributed by atoms with Crippen molar-refractivity contribution in [3.63, 3.8) is 0 Å². The summed E-state index contributed by atoms with van der Waals surface area (Å²) in [6.45, 7) is -0.197. The number of hydrogen-bond donors (Lipinski definition) is 1. The maximum absolute atomic E-state index is 13.0. The third-order valence-electron chi connectivity index (χ3n) is 6.42. The summed E-state index contributed by atoms with van der Waals surface area (Å²) in [6.07, 6.45) is 5.49. The molecule has 5 heteroatoms. The second kappa shape index (κ2) is 8.82. The molecule has 2 aromatic rings. The molecule has 1 saturated heterocycles. The third-order valence-corrected chi connectivity index (χ3v) is 6.42. The molecular formula is C25H28N2O3. The van der Waals surface area contributed by atoms with Crippen LogP contribution in [0.5, 0.6) is 0 Å². The minimum Gasteiger partial charge on any atom is -0.347 e. The Morgan fingerprint density at radius 2 is 1.57 bits per heavy atom. The summed E-state index contributed by atoms with van der Waals surface area (Å²) in [5, 5.41) is 3.06. The first kappa shape index (κ1) is 20.3. The first-order chi connectivity index (χ1) is 14.6. The third kappa shape index (κ3) is 4.30. The van der Waals surface area contributed by atoms with Gasteiger partial charge >= 0.3 is 0 Å². The summed E-state index contributed by atoms with van der Waals surface area (Å²) in [5.74, 6) is -0.660. The van der Waals surface area contributed by atoms with E-state index in [0.717, 1.165) is 43.2 Å². The van der Waals surface area contributed by atoms with Gasteiger partial charge in [0.1, 0.15) is 6.54 Å². The summed E-state index contributed by atoms with van der Waals surface area (Å²) in [4.78, 5) is 39.6. The average molecular weight is 405 g/mol. The second-order valence-electron chi connectivity index (χ2n) is 8.52. The predicted molar refractivity (Wildman–Crippen MR) is 114 cm³/mol. The molecule has 1 N–H and O–H groups in total. The molecule has 0 radical (unpaired) electrons. The van der Waals surface area contributed by atoms with Gasteiger partial charge in [0.25, 0.3) is 0 Å². The Labute approximate surface area is 177 Å². The quantitative estimate of drug-likeness (QED) is 0.745. The zero-order valence-corrected chi connectivity index (χ0v) is 17.2. The number of benzene rings is 2. The van der Waals surface area contributed by atoms with E-state index in [1.807, 2.05) is 60.7 Å². The van der Waals surface area contributed by atoms with Crippen molar-refractivity contribution < 1.29 is 14.4 Å². The highest BCUT2D eigenvalue weighted by Gasteiger charge is 2.51. The second-order valence-corrected chi connectivity index (χ2v) is 8.52. The first-order valence-corrected chi connectivity index (χ1v) is 10.8. The molecule has 4 rings (SSSR count). The number of amides is 3. The van der Waals surface area contributed by atoms with Crippen LogP contribution in [0, 0.1) is 5.41 Å². The molecule has 30 heavy (non-hydrogen) atoms. The van der Waals surface area contributed by atoms with Gasteiger partial charge in [0, 0.05) is 6.42 Å². The molecule has 2 aliphatic rings. The van der Waals surface area contributed by atoms with Gasteiger partial charge in [-0.2, -0.15) is 0 Å². The van der Waals surface area contributed by atoms with Crippen LogP contribution in [0.15, 0.2) is 60.7 Å². The molecule has 1 aliphatic carbocycles. The van der Waals surface area contributed by atoms with Crippen molar-refractivity contribution in [2.24, 2.45) is 5.41 Å². The normalized spacial score (nSPS) is 19.1. The average Bonchev–Trinajstić information content (AvgIpc) is 2.99. The van der Waals surface area contributed by atoms with Crippen molar-refractivity contribution in [2.45, 2.75) is 51.0 Å². The Kier molecular flexibility index (Phi) is 5.98. The standard InChI is InChI=1S/C25H28N2O3/c28-22(18-27-23(29)17-25(24(27)30)14-8-3-9-15-25)26-21(20-12-6-2-7-13-20)16-19-10-4-1-5-11-19/h1-2,4-7,10-13,21H,3,8-9,14-18H2,(H,26,28). The number of nitrogens with zero attached hydrogens (tertiary/aromatic N) is 1. The Morgan fingerprint density at radius 3 is 2.23 bits per heavy atom. The number of imide groups is 1. The minimum atomic E-state index is -0.557. The van der Waals surface area contributed by atoms with E-state index in [4.69, 9.17) is 0 Å². The van der Waals surface area contributed by atoms with Gasteiger partial charge in [0.2, 0.25) is 17.7 Å². The van der Waals surface area contributed by atoms with Crippen LogP contribution in [0.4, 0.5) is 0 Å². The molecule has 156 valence electrons. The van der Waals surface area contributed by atoms with Crippen LogP contribution in [0.25, 0.3) is 0 Å². The predicted octanol–water partition coefficient (Wildman–Crippen LogP) is 3.80. The van der Waals surface area contributed by atoms with E-state index in [2.05, 4.69) is 5.32 Å². The smallest absolute Gasteiger partial charge is 0.240 e. The molecule has 3 amide bonds. The van der Waals surface area contributed by atoms with E-state index >= 15 is 0 Å². The fraction of sp³-hybridized carbons (Fsp3) is 0.400. The van der Waals surface area contributed by atoms with E-state index < -0.39 is 5.41 Å². The Bertz CT molecular complexity index is 905. The van der Waals surface area contributed by atoms with Crippen LogP contribution in [0.3, 0.4) is 0 Å². The van der Waals surface area contributed by atoms with Gasteiger partial charge in [-0.3, -0.25) is 19.3 Å². The lowest BCUT2D eigenvalue weighted by Gasteiger charge is -2.30. The zero-order valence-electron chi connectivity index (χ0n) is 17.2. The van der Waals surface area contributed by atoms with Crippen LogP contribution in [0.2, 0.25) is 0 Å². The fourth-order valence-electron chi connectivity index (χ4n) is 4.81. The lowest BCUT2D eigenvalue weighted by atomic mass is 9.73. The van der Waals surface area contributed by atoms with E-state index in [0.29, 0.717) is 6.42 Å². The Balaban J connectivity index is 1.46. The molecule has 0 bridgehead atoms. The summed E-state index contributed by atoms with van der Waals surface area (Å²) < 4.78 is 0. The van der Waals surface area contributed by atoms with E-state index in [9.17, 15) is 14.4 Å². The molecule has 1 aliphatic heterocycles. The van der Waals surface area contributed by atoms with Gasteiger partial charge in [-0.25, -0.2) is 0 Å². The van der Waals surface area contributed by atoms with Crippen LogP contribution >= 0.6 is 0 Å². The highest BCUT2D eigenvalue weighted by atomic mass is 16.2. The molecule has 5 nitrogen and oxygen atoms in total. The zero-order chi connectivity index (χ0) is 21.0. The lowest BCUT2D eigenvalue weighted by molar-refractivity contribution is -0.145. The van der Waals surface area contributed by atoms with Crippen molar-refractivity contribution in [2.75, 3.05) is 6.54 Å². The highest BCUT2D eigenvalue weighted by molar-refractivity contribution is 6.08. The first-order valence-electron chi connectivity index (χ1n) is 10.8. The van der Waals surface area contributed by atoms with E-state index in [1.54, 1.807) is 0 Å². The number of likely N-dealkylation sites (tertiary alicyclic amines) is 1. The molecular weight excluding hydrogens is 376 g/mol. The van der Waals surface area contributed by atoms with Gasteiger partial charge in [-0.15, -0.1) is 0 Å². The van der Waals surface area contributed by atoms with Crippen molar-refractivity contribution in [3.05, 3.63) is 71.8 Å². The highest BCUT2D eigenvalue weighted by Crippen LogP contribution is 2.45. The largest absolute Gasteiger partial charge is 0.347 e. The number of hydrogen-bond acceptors (Lipinski definition) is 3. The van der Waals surface area contributed by atoms with Gasteiger partial charge in [0.15, 0.2) is 0 Å². The van der Waals surface area contributed by atoms with Crippen LogP contribution < -0.4 is 5.32 Å². The monoisotopic (exact) mass is 404 g/mol. The molecule has 1 spiro atoms. The Morgan fingerprint density at radius 1 is 0.933 bits per heavy atom. The molecule has 1 saturated carbocycles. The number of rotatable bonds is 6. The van der Waals surface area contributed by atoms with E-state index in [1.165, 1.54) is 4.90 Å². The summed E-state index contributed by atoms with van der Waals surface area (Å²) in [7, 11) is 0. The molecule has 2 fully saturated rings. The minimum absolute atomic E-state index is 0.151. The van der Waals surface area contributed by atoms with Crippen LogP contribution in [0.1, 0.15) is 55.7 Å². The SMILES string of the molecule is O=C(CN1C(=O)CC2(CCCCC2)C1=O)NC(Cc1ccccc1)c1ccccc1. The number of carbonyl (C=O) groups is 3. The van der Waals surface area contributed by atoms with Gasteiger partial charge in [0.05, 0.1) is 11.5 Å². The number of carbonyl (C=O) groups excluding carboxylic acids is 3. The van der Waals surface area contributed by atoms with Crippen molar-refractivity contribution in [3.8, 4) is 0 Å². The topological polar surface area (TPSA) is 66.5 Å². The molecule has 1 heterocycles. The summed E-state index contributed by atoms with van der Waals surface area (Å²) in [5.41, 5.74) is 1.55. The maximum atomic E-state index is 13.0. The van der Waals surface area contributed by atoms with Crippen LogP contribution in [-0.4, -0.2) is 29.2 Å². The van der Waals surface area contributed by atoms with Gasteiger partial charge < -0.3 is 5.32 Å². The Hall–Kier alpha value is -2.95. The van der Waals surface area contributed by atoms with Crippen LogP contribution in [-0.2, 0) is 20.8 Å².